The molecule has 5 nitrogen and oxygen atoms in total. The first-order valence-corrected chi connectivity index (χ1v) is 8.18. The molecule has 0 aliphatic heterocycles. The van der Waals surface area contributed by atoms with Crippen LogP contribution in [-0.2, 0) is 17.8 Å². The number of aromatic nitrogens is 3. The van der Waals surface area contributed by atoms with Crippen molar-refractivity contribution < 1.29 is 9.18 Å². The maximum Gasteiger partial charge on any atom is 0.223 e. The molecular formula is C16H19FN4OS. The van der Waals surface area contributed by atoms with Gasteiger partial charge in [0.25, 0.3) is 0 Å². The molecule has 1 heterocycles. The number of H-pyrrole nitrogens is 1. The molecule has 1 amide bonds. The quantitative estimate of drug-likeness (QED) is 0.798. The second-order valence-electron chi connectivity index (χ2n) is 5.73. The number of hydrogen-bond donors (Lipinski definition) is 2. The molecule has 1 aliphatic carbocycles. The lowest BCUT2D eigenvalue weighted by atomic mass is 10.1. The molecule has 0 saturated heterocycles. The Bertz CT molecular complexity index is 752. The van der Waals surface area contributed by atoms with Gasteiger partial charge < -0.3 is 9.88 Å². The fourth-order valence-corrected chi connectivity index (χ4v) is 3.14. The molecule has 1 aliphatic rings. The van der Waals surface area contributed by atoms with Crippen LogP contribution in [0.25, 0.3) is 0 Å². The highest BCUT2D eigenvalue weighted by atomic mass is 32.1. The van der Waals surface area contributed by atoms with E-state index in [1.165, 1.54) is 12.1 Å². The number of rotatable bonds is 6. The summed E-state index contributed by atoms with van der Waals surface area (Å²) in [7, 11) is 0. The normalized spacial score (nSPS) is 19.6. The summed E-state index contributed by atoms with van der Waals surface area (Å²) in [5.41, 5.74) is 1.03. The van der Waals surface area contributed by atoms with E-state index in [0.717, 1.165) is 24.4 Å². The lowest BCUT2D eigenvalue weighted by Gasteiger charge is -2.06. The van der Waals surface area contributed by atoms with Crippen LogP contribution in [0.3, 0.4) is 0 Å². The number of nitrogens with zero attached hydrogens (tertiary/aromatic N) is 2. The molecule has 7 heteroatoms. The van der Waals surface area contributed by atoms with Gasteiger partial charge in [0.1, 0.15) is 11.6 Å². The minimum absolute atomic E-state index is 0.00698. The van der Waals surface area contributed by atoms with Gasteiger partial charge in [0, 0.05) is 25.4 Å². The highest BCUT2D eigenvalue weighted by Gasteiger charge is 2.43. The van der Waals surface area contributed by atoms with Crippen molar-refractivity contribution in [2.45, 2.75) is 32.2 Å². The van der Waals surface area contributed by atoms with Crippen LogP contribution in [0.15, 0.2) is 24.3 Å². The second-order valence-corrected chi connectivity index (χ2v) is 6.12. The average Bonchev–Trinajstić information content (AvgIpc) is 3.26. The van der Waals surface area contributed by atoms with Gasteiger partial charge in [0.05, 0.1) is 0 Å². The van der Waals surface area contributed by atoms with Crippen molar-refractivity contribution >= 4 is 18.1 Å². The second kappa shape index (κ2) is 6.62. The third kappa shape index (κ3) is 3.50. The maximum absolute atomic E-state index is 12.9. The van der Waals surface area contributed by atoms with Crippen LogP contribution in [0.2, 0.25) is 0 Å². The van der Waals surface area contributed by atoms with Crippen molar-refractivity contribution in [3.8, 4) is 0 Å². The molecule has 2 atom stereocenters. The summed E-state index contributed by atoms with van der Waals surface area (Å²) in [4.78, 5) is 12.2. The molecule has 1 aromatic carbocycles. The minimum atomic E-state index is -0.250. The predicted molar refractivity (Wildman–Crippen MR) is 87.0 cm³/mol. The first-order chi connectivity index (χ1) is 11.1. The summed E-state index contributed by atoms with van der Waals surface area (Å²) in [6.45, 7) is 3.30. The Hall–Kier alpha value is -2.02. The van der Waals surface area contributed by atoms with Crippen molar-refractivity contribution in [2.24, 2.45) is 5.92 Å². The third-order valence-corrected chi connectivity index (χ3v) is 4.54. The van der Waals surface area contributed by atoms with Crippen molar-refractivity contribution in [1.82, 2.24) is 20.1 Å². The van der Waals surface area contributed by atoms with Crippen LogP contribution in [0.4, 0.5) is 4.39 Å². The van der Waals surface area contributed by atoms with Gasteiger partial charge in [0.15, 0.2) is 4.77 Å². The van der Waals surface area contributed by atoms with Crippen LogP contribution in [-0.4, -0.2) is 27.2 Å². The van der Waals surface area contributed by atoms with Crippen molar-refractivity contribution in [2.75, 3.05) is 6.54 Å². The van der Waals surface area contributed by atoms with Crippen LogP contribution < -0.4 is 5.32 Å². The Morgan fingerprint density at radius 2 is 2.22 bits per heavy atom. The van der Waals surface area contributed by atoms with Crippen LogP contribution in [0.1, 0.15) is 30.7 Å². The maximum atomic E-state index is 12.9. The van der Waals surface area contributed by atoms with E-state index in [9.17, 15) is 9.18 Å². The molecule has 0 bridgehead atoms. The van der Waals surface area contributed by atoms with Crippen LogP contribution in [0.5, 0.6) is 0 Å². The number of aromatic amines is 1. The van der Waals surface area contributed by atoms with Gasteiger partial charge in [-0.3, -0.25) is 9.89 Å². The van der Waals surface area contributed by atoms with E-state index in [2.05, 4.69) is 15.5 Å². The van der Waals surface area contributed by atoms with Crippen molar-refractivity contribution in [1.29, 1.82) is 0 Å². The Morgan fingerprint density at radius 3 is 2.91 bits per heavy atom. The Kier molecular flexibility index (Phi) is 4.56. The number of benzene rings is 1. The molecule has 2 unspecified atom stereocenters. The predicted octanol–water partition coefficient (Wildman–Crippen LogP) is 2.56. The first kappa shape index (κ1) is 15.9. The van der Waals surface area contributed by atoms with Gasteiger partial charge in [-0.05, 0) is 49.2 Å². The van der Waals surface area contributed by atoms with Gasteiger partial charge >= 0.3 is 0 Å². The highest BCUT2D eigenvalue weighted by Crippen LogP contribution is 2.47. The van der Waals surface area contributed by atoms with Crippen molar-refractivity contribution in [3.63, 3.8) is 0 Å². The Morgan fingerprint density at radius 1 is 1.48 bits per heavy atom. The largest absolute Gasteiger partial charge is 0.355 e. The molecule has 122 valence electrons. The molecule has 1 saturated carbocycles. The Labute approximate surface area is 138 Å². The fraction of sp³-hybridized carbons (Fsp3) is 0.438. The summed E-state index contributed by atoms with van der Waals surface area (Å²) in [6.07, 6.45) is 1.46. The first-order valence-electron chi connectivity index (χ1n) is 7.77. The smallest absolute Gasteiger partial charge is 0.223 e. The lowest BCUT2D eigenvalue weighted by Crippen LogP contribution is -2.28. The molecule has 1 fully saturated rings. The van der Waals surface area contributed by atoms with Gasteiger partial charge in [-0.25, -0.2) is 4.39 Å². The van der Waals surface area contributed by atoms with E-state index in [4.69, 9.17) is 12.2 Å². The molecule has 3 rings (SSSR count). The summed E-state index contributed by atoms with van der Waals surface area (Å²) in [6, 6.07) is 6.39. The lowest BCUT2D eigenvalue weighted by molar-refractivity contribution is -0.122. The molecule has 2 aromatic rings. The van der Waals surface area contributed by atoms with E-state index >= 15 is 0 Å². The monoisotopic (exact) mass is 334 g/mol. The van der Waals surface area contributed by atoms with E-state index < -0.39 is 0 Å². The van der Waals surface area contributed by atoms with E-state index in [1.54, 1.807) is 12.1 Å². The third-order valence-electron chi connectivity index (χ3n) is 4.23. The summed E-state index contributed by atoms with van der Waals surface area (Å²) in [5, 5.41) is 9.89. The zero-order valence-corrected chi connectivity index (χ0v) is 13.7. The summed E-state index contributed by atoms with van der Waals surface area (Å²) >= 11 is 5.14. The van der Waals surface area contributed by atoms with E-state index in [0.29, 0.717) is 17.7 Å². The number of hydrogen-bond acceptors (Lipinski definition) is 3. The van der Waals surface area contributed by atoms with Gasteiger partial charge in [-0.2, -0.15) is 5.10 Å². The SMILES string of the molecule is CCn1c(CCNC(=O)C2CC2c2ccc(F)cc2)n[nH]c1=S. The van der Waals surface area contributed by atoms with Gasteiger partial charge in [-0.15, -0.1) is 0 Å². The van der Waals surface area contributed by atoms with Gasteiger partial charge in [-0.1, -0.05) is 12.1 Å². The minimum Gasteiger partial charge on any atom is -0.355 e. The number of carbonyl (C=O) groups is 1. The molecule has 2 N–H and O–H groups in total. The highest BCUT2D eigenvalue weighted by molar-refractivity contribution is 7.71. The summed E-state index contributed by atoms with van der Waals surface area (Å²) < 4.78 is 15.4. The summed E-state index contributed by atoms with van der Waals surface area (Å²) in [5.74, 6) is 0.855. The van der Waals surface area contributed by atoms with E-state index in [1.807, 2.05) is 11.5 Å². The molecule has 1 aromatic heterocycles. The topological polar surface area (TPSA) is 62.7 Å². The molecule has 0 radical (unpaired) electrons. The number of halogens is 1. The standard InChI is InChI=1S/C16H19FN4OS/c1-2-21-14(19-20-16(21)23)7-8-18-15(22)13-9-12(13)10-3-5-11(17)6-4-10/h3-6,12-13H,2,7-9H2,1H3,(H,18,22)(H,20,23). The fourth-order valence-electron chi connectivity index (χ4n) is 2.86. The Balaban J connectivity index is 1.49. The average molecular weight is 334 g/mol. The zero-order valence-electron chi connectivity index (χ0n) is 12.9. The number of amides is 1. The van der Waals surface area contributed by atoms with E-state index in [-0.39, 0.29) is 23.6 Å². The van der Waals surface area contributed by atoms with Crippen molar-refractivity contribution in [3.05, 3.63) is 46.2 Å². The van der Waals surface area contributed by atoms with Gasteiger partial charge in [0.2, 0.25) is 5.91 Å². The van der Waals surface area contributed by atoms with Crippen LogP contribution >= 0.6 is 12.2 Å². The zero-order chi connectivity index (χ0) is 16.4. The molecule has 23 heavy (non-hydrogen) atoms. The molecular weight excluding hydrogens is 315 g/mol. The number of nitrogens with one attached hydrogen (secondary N) is 2. The molecule has 0 spiro atoms. The number of carbonyl (C=O) groups excluding carboxylic acids is 1. The van der Waals surface area contributed by atoms with Crippen LogP contribution in [0, 0.1) is 16.5 Å².